The van der Waals surface area contributed by atoms with Gasteiger partial charge < -0.3 is 0 Å². The molecule has 0 spiro atoms. The van der Waals surface area contributed by atoms with Gasteiger partial charge in [-0.1, -0.05) is 17.7 Å². The zero-order valence-corrected chi connectivity index (χ0v) is 11.0. The lowest BCUT2D eigenvalue weighted by molar-refractivity contribution is 0.580. The zero-order valence-electron chi connectivity index (χ0n) is 8.64. The van der Waals surface area contributed by atoms with Crippen LogP contribution in [0.4, 0.5) is 0 Å². The van der Waals surface area contributed by atoms with E-state index in [1.165, 1.54) is 0 Å². The standard InChI is InChI=1S/C9H9ClN2O2S2/c1-6-9(10)7(2)12(11-6)16(13,14)8-4-3-5-15-8/h3-5H,1-2H3. The van der Waals surface area contributed by atoms with Crippen molar-refractivity contribution in [1.82, 2.24) is 9.19 Å². The molecule has 0 aliphatic rings. The molecule has 0 amide bonds. The molecule has 0 saturated carbocycles. The molecule has 2 aromatic heterocycles. The molecular formula is C9H9ClN2O2S2. The van der Waals surface area contributed by atoms with Crippen LogP contribution in [-0.2, 0) is 10.0 Å². The summed E-state index contributed by atoms with van der Waals surface area (Å²) in [4.78, 5) is 0. The Bertz CT molecular complexity index is 614. The topological polar surface area (TPSA) is 52.0 Å². The lowest BCUT2D eigenvalue weighted by Gasteiger charge is -2.03. The minimum atomic E-state index is -3.59. The normalized spacial score (nSPS) is 11.9. The Morgan fingerprint density at radius 3 is 2.56 bits per heavy atom. The fourth-order valence-electron chi connectivity index (χ4n) is 1.33. The summed E-state index contributed by atoms with van der Waals surface area (Å²) in [6.45, 7) is 3.31. The molecule has 2 aromatic rings. The first kappa shape index (κ1) is 11.6. The molecule has 0 aromatic carbocycles. The van der Waals surface area contributed by atoms with Gasteiger partial charge in [0.1, 0.15) is 4.21 Å². The van der Waals surface area contributed by atoms with Crippen LogP contribution in [-0.4, -0.2) is 17.6 Å². The fourth-order valence-corrected chi connectivity index (χ4v) is 3.91. The SMILES string of the molecule is Cc1nn(S(=O)(=O)c2cccs2)c(C)c1Cl. The van der Waals surface area contributed by atoms with Crippen LogP contribution in [0.5, 0.6) is 0 Å². The van der Waals surface area contributed by atoms with Crippen molar-refractivity contribution in [2.24, 2.45) is 0 Å². The maximum Gasteiger partial charge on any atom is 0.292 e. The Kier molecular flexibility index (Phi) is 2.81. The molecule has 0 radical (unpaired) electrons. The highest BCUT2D eigenvalue weighted by Gasteiger charge is 2.23. The van der Waals surface area contributed by atoms with Gasteiger partial charge >= 0.3 is 0 Å². The van der Waals surface area contributed by atoms with Crippen LogP contribution in [0.1, 0.15) is 11.4 Å². The molecule has 0 aliphatic heterocycles. The molecular weight excluding hydrogens is 268 g/mol. The lowest BCUT2D eigenvalue weighted by atomic mass is 10.4. The molecule has 16 heavy (non-hydrogen) atoms. The van der Waals surface area contributed by atoms with E-state index in [2.05, 4.69) is 5.10 Å². The molecule has 0 bridgehead atoms. The van der Waals surface area contributed by atoms with Gasteiger partial charge in [-0.05, 0) is 25.3 Å². The van der Waals surface area contributed by atoms with E-state index in [9.17, 15) is 8.42 Å². The van der Waals surface area contributed by atoms with E-state index in [4.69, 9.17) is 11.6 Å². The largest absolute Gasteiger partial charge is 0.292 e. The molecule has 2 heterocycles. The third kappa shape index (κ3) is 1.66. The van der Waals surface area contributed by atoms with Gasteiger partial charge in [0.2, 0.25) is 0 Å². The van der Waals surface area contributed by atoms with Crippen molar-refractivity contribution in [1.29, 1.82) is 0 Å². The summed E-state index contributed by atoms with van der Waals surface area (Å²) in [7, 11) is -3.59. The van der Waals surface area contributed by atoms with Crippen molar-refractivity contribution in [2.75, 3.05) is 0 Å². The van der Waals surface area contributed by atoms with Gasteiger partial charge in [-0.15, -0.1) is 11.3 Å². The van der Waals surface area contributed by atoms with Crippen LogP contribution in [0.25, 0.3) is 0 Å². The summed E-state index contributed by atoms with van der Waals surface area (Å²) in [6, 6.07) is 3.23. The quantitative estimate of drug-likeness (QED) is 0.847. The predicted octanol–water partition coefficient (Wildman–Crippen LogP) is 2.45. The van der Waals surface area contributed by atoms with Gasteiger partial charge in [0.05, 0.1) is 16.4 Å². The average molecular weight is 277 g/mol. The number of hydrogen-bond acceptors (Lipinski definition) is 4. The van der Waals surface area contributed by atoms with Gasteiger partial charge in [0.25, 0.3) is 10.0 Å². The van der Waals surface area contributed by atoms with Crippen LogP contribution >= 0.6 is 22.9 Å². The van der Waals surface area contributed by atoms with Crippen molar-refractivity contribution < 1.29 is 8.42 Å². The maximum absolute atomic E-state index is 12.1. The molecule has 0 fully saturated rings. The zero-order chi connectivity index (χ0) is 11.9. The van der Waals surface area contributed by atoms with E-state index >= 15 is 0 Å². The van der Waals surface area contributed by atoms with E-state index in [0.29, 0.717) is 16.4 Å². The number of thiophene rings is 1. The summed E-state index contributed by atoms with van der Waals surface area (Å²) in [6.07, 6.45) is 0. The number of hydrogen-bond donors (Lipinski definition) is 0. The first-order valence-corrected chi connectivity index (χ1v) is 7.15. The second-order valence-electron chi connectivity index (χ2n) is 3.26. The third-order valence-electron chi connectivity index (χ3n) is 2.14. The molecule has 2 rings (SSSR count). The summed E-state index contributed by atoms with van der Waals surface area (Å²) >= 11 is 7.08. The monoisotopic (exact) mass is 276 g/mol. The van der Waals surface area contributed by atoms with Crippen LogP contribution in [0.2, 0.25) is 5.02 Å². The highest BCUT2D eigenvalue weighted by molar-refractivity contribution is 7.91. The molecule has 0 atom stereocenters. The lowest BCUT2D eigenvalue weighted by Crippen LogP contribution is -2.14. The summed E-state index contributed by atoms with van der Waals surface area (Å²) in [5.74, 6) is 0. The van der Waals surface area contributed by atoms with Crippen molar-refractivity contribution >= 4 is 33.0 Å². The molecule has 0 N–H and O–H groups in total. The fraction of sp³-hybridized carbons (Fsp3) is 0.222. The second-order valence-corrected chi connectivity index (χ2v) is 6.58. The van der Waals surface area contributed by atoms with E-state index in [0.717, 1.165) is 15.4 Å². The Hall–Kier alpha value is -0.850. The van der Waals surface area contributed by atoms with Crippen LogP contribution < -0.4 is 0 Å². The Morgan fingerprint density at radius 1 is 1.44 bits per heavy atom. The first-order chi connectivity index (χ1) is 7.44. The van der Waals surface area contributed by atoms with Gasteiger partial charge in [0, 0.05) is 0 Å². The number of rotatable bonds is 2. The number of aromatic nitrogens is 2. The molecule has 0 aliphatic carbocycles. The minimum Gasteiger partial charge on any atom is -0.198 e. The van der Waals surface area contributed by atoms with Crippen molar-refractivity contribution in [3.63, 3.8) is 0 Å². The van der Waals surface area contributed by atoms with Crippen molar-refractivity contribution in [2.45, 2.75) is 18.1 Å². The number of halogens is 1. The van der Waals surface area contributed by atoms with Crippen LogP contribution in [0.3, 0.4) is 0 Å². The van der Waals surface area contributed by atoms with E-state index in [1.807, 2.05) is 0 Å². The van der Waals surface area contributed by atoms with Crippen LogP contribution in [0, 0.1) is 13.8 Å². The minimum absolute atomic E-state index is 0.259. The maximum atomic E-state index is 12.1. The molecule has 0 unspecified atom stereocenters. The van der Waals surface area contributed by atoms with Gasteiger partial charge in [0.15, 0.2) is 0 Å². The highest BCUT2D eigenvalue weighted by Crippen LogP contribution is 2.25. The van der Waals surface area contributed by atoms with E-state index in [1.54, 1.807) is 31.4 Å². The molecule has 0 saturated heterocycles. The van der Waals surface area contributed by atoms with Crippen molar-refractivity contribution in [3.05, 3.63) is 33.9 Å². The number of nitrogens with zero attached hydrogens (tertiary/aromatic N) is 2. The summed E-state index contributed by atoms with van der Waals surface area (Å²) in [5.41, 5.74) is 0.951. The average Bonchev–Trinajstić information content (AvgIpc) is 2.83. The second kappa shape index (κ2) is 3.87. The Labute approximate surface area is 103 Å². The van der Waals surface area contributed by atoms with Crippen LogP contribution in [0.15, 0.2) is 21.7 Å². The van der Waals surface area contributed by atoms with Crippen molar-refractivity contribution in [3.8, 4) is 0 Å². The predicted molar refractivity (Wildman–Crippen MR) is 63.6 cm³/mol. The van der Waals surface area contributed by atoms with Gasteiger partial charge in [-0.2, -0.15) is 17.6 Å². The van der Waals surface area contributed by atoms with Gasteiger partial charge in [-0.3, -0.25) is 0 Å². The van der Waals surface area contributed by atoms with Gasteiger partial charge in [-0.25, -0.2) is 0 Å². The number of aryl methyl sites for hydroxylation is 1. The smallest absolute Gasteiger partial charge is 0.198 e. The molecule has 4 nitrogen and oxygen atoms in total. The Balaban J connectivity index is 2.66. The molecule has 7 heteroatoms. The van der Waals surface area contributed by atoms with E-state index < -0.39 is 10.0 Å². The molecule has 86 valence electrons. The first-order valence-electron chi connectivity index (χ1n) is 4.45. The highest BCUT2D eigenvalue weighted by atomic mass is 35.5. The summed E-state index contributed by atoms with van der Waals surface area (Å²) in [5, 5.41) is 6.04. The summed E-state index contributed by atoms with van der Waals surface area (Å²) < 4.78 is 25.5. The third-order valence-corrected chi connectivity index (χ3v) is 5.72. The van der Waals surface area contributed by atoms with E-state index in [-0.39, 0.29) is 4.21 Å². The Morgan fingerprint density at radius 2 is 2.12 bits per heavy atom.